The minimum Gasteiger partial charge on any atom is -0.325 e. The lowest BCUT2D eigenvalue weighted by atomic mass is 9.91. The summed E-state index contributed by atoms with van der Waals surface area (Å²) in [6, 6.07) is 5.83. The Balaban J connectivity index is 1.95. The summed E-state index contributed by atoms with van der Waals surface area (Å²) in [6.07, 6.45) is 2.10. The molecule has 17 heavy (non-hydrogen) atoms. The lowest BCUT2D eigenvalue weighted by molar-refractivity contribution is 0.165. The normalized spacial score (nSPS) is 20.5. The molecule has 0 atom stereocenters. The molecular weight excluding hydrogens is 255 g/mol. The molecule has 1 aromatic rings. The van der Waals surface area contributed by atoms with Crippen molar-refractivity contribution in [3.63, 3.8) is 0 Å². The molecule has 0 spiro atoms. The van der Waals surface area contributed by atoms with Crippen LogP contribution in [0.25, 0.3) is 0 Å². The van der Waals surface area contributed by atoms with Gasteiger partial charge >= 0.3 is 0 Å². The summed E-state index contributed by atoms with van der Waals surface area (Å²) in [5, 5.41) is 1.24. The Bertz CT molecular complexity index is 394. The molecule has 2 nitrogen and oxygen atoms in total. The molecule has 2 rings (SSSR count). The van der Waals surface area contributed by atoms with Gasteiger partial charge in [-0.3, -0.25) is 4.90 Å². The Morgan fingerprint density at radius 1 is 1.24 bits per heavy atom. The van der Waals surface area contributed by atoms with Gasteiger partial charge in [-0.2, -0.15) is 0 Å². The maximum Gasteiger partial charge on any atom is 0.0595 e. The van der Waals surface area contributed by atoms with Crippen LogP contribution < -0.4 is 5.73 Å². The topological polar surface area (TPSA) is 29.3 Å². The van der Waals surface area contributed by atoms with Gasteiger partial charge in [0.15, 0.2) is 0 Å². The Morgan fingerprint density at radius 3 is 2.47 bits per heavy atom. The second-order valence-electron chi connectivity index (χ2n) is 5.18. The van der Waals surface area contributed by atoms with Crippen LogP contribution in [0, 0.1) is 0 Å². The predicted octanol–water partition coefficient (Wildman–Crippen LogP) is 3.31. The van der Waals surface area contributed by atoms with Crippen molar-refractivity contribution in [2.75, 3.05) is 13.1 Å². The summed E-state index contributed by atoms with van der Waals surface area (Å²) in [5.74, 6) is 0. The molecule has 4 heteroatoms. The highest BCUT2D eigenvalue weighted by Gasteiger charge is 2.25. The average molecular weight is 273 g/mol. The molecule has 0 aromatic heterocycles. The molecule has 2 N–H and O–H groups in total. The van der Waals surface area contributed by atoms with Crippen LogP contribution in [0.3, 0.4) is 0 Å². The van der Waals surface area contributed by atoms with E-state index in [9.17, 15) is 0 Å². The summed E-state index contributed by atoms with van der Waals surface area (Å²) >= 11 is 11.9. The van der Waals surface area contributed by atoms with Gasteiger partial charge in [-0.25, -0.2) is 0 Å². The predicted molar refractivity (Wildman–Crippen MR) is 73.6 cm³/mol. The van der Waals surface area contributed by atoms with E-state index < -0.39 is 0 Å². The molecule has 1 aliphatic rings. The van der Waals surface area contributed by atoms with Crippen LogP contribution in [0.1, 0.15) is 25.3 Å². The van der Waals surface area contributed by atoms with Crippen LogP contribution in [-0.4, -0.2) is 23.5 Å². The van der Waals surface area contributed by atoms with Gasteiger partial charge in [0, 0.05) is 25.2 Å². The number of likely N-dealkylation sites (tertiary alicyclic amines) is 1. The standard InChI is InChI=1S/C13H18Cl2N2/c1-13(16)4-6-17(7-5-13)9-10-2-3-11(14)12(15)8-10/h2-3,8H,4-7,9,16H2,1H3. The molecule has 0 unspecified atom stereocenters. The molecule has 1 fully saturated rings. The van der Waals surface area contributed by atoms with Crippen LogP contribution in [0.15, 0.2) is 18.2 Å². The van der Waals surface area contributed by atoms with Gasteiger partial charge in [0.1, 0.15) is 0 Å². The number of piperidine rings is 1. The summed E-state index contributed by atoms with van der Waals surface area (Å²) in [4.78, 5) is 2.41. The lowest BCUT2D eigenvalue weighted by Gasteiger charge is -2.36. The van der Waals surface area contributed by atoms with E-state index in [0.29, 0.717) is 10.0 Å². The van der Waals surface area contributed by atoms with Crippen molar-refractivity contribution in [3.8, 4) is 0 Å². The second-order valence-corrected chi connectivity index (χ2v) is 5.99. The van der Waals surface area contributed by atoms with E-state index in [1.165, 1.54) is 5.56 Å². The third-order valence-corrected chi connectivity index (χ3v) is 4.13. The maximum atomic E-state index is 6.11. The quantitative estimate of drug-likeness (QED) is 0.895. The molecule has 1 heterocycles. The fourth-order valence-corrected chi connectivity index (χ4v) is 2.44. The summed E-state index contributed by atoms with van der Waals surface area (Å²) in [6.45, 7) is 5.15. The smallest absolute Gasteiger partial charge is 0.0595 e. The zero-order valence-corrected chi connectivity index (χ0v) is 11.6. The minimum atomic E-state index is 0.00808. The Kier molecular flexibility index (Phi) is 3.99. The van der Waals surface area contributed by atoms with Crippen LogP contribution >= 0.6 is 23.2 Å². The van der Waals surface area contributed by atoms with Crippen molar-refractivity contribution in [2.24, 2.45) is 5.73 Å². The van der Waals surface area contributed by atoms with Crippen molar-refractivity contribution in [1.82, 2.24) is 4.90 Å². The van der Waals surface area contributed by atoms with Gasteiger partial charge in [0.2, 0.25) is 0 Å². The largest absolute Gasteiger partial charge is 0.325 e. The molecule has 94 valence electrons. The summed E-state index contributed by atoms with van der Waals surface area (Å²) in [7, 11) is 0. The molecule has 0 saturated carbocycles. The van der Waals surface area contributed by atoms with Gasteiger partial charge in [-0.1, -0.05) is 29.3 Å². The molecule has 0 amide bonds. The number of nitrogens with zero attached hydrogens (tertiary/aromatic N) is 1. The Morgan fingerprint density at radius 2 is 1.88 bits per heavy atom. The third kappa shape index (κ3) is 3.59. The third-order valence-electron chi connectivity index (χ3n) is 3.39. The van der Waals surface area contributed by atoms with Crippen LogP contribution in [0.5, 0.6) is 0 Å². The van der Waals surface area contributed by atoms with E-state index in [-0.39, 0.29) is 5.54 Å². The van der Waals surface area contributed by atoms with Gasteiger partial charge in [0.25, 0.3) is 0 Å². The monoisotopic (exact) mass is 272 g/mol. The van der Waals surface area contributed by atoms with Gasteiger partial charge < -0.3 is 5.73 Å². The highest BCUT2D eigenvalue weighted by Crippen LogP contribution is 2.25. The summed E-state index contributed by atoms with van der Waals surface area (Å²) < 4.78 is 0. The molecule has 1 aliphatic heterocycles. The first-order chi connectivity index (χ1) is 7.96. The van der Waals surface area contributed by atoms with Gasteiger partial charge in [-0.15, -0.1) is 0 Å². The second kappa shape index (κ2) is 5.15. The van der Waals surface area contributed by atoms with Crippen LogP contribution in [-0.2, 0) is 6.54 Å². The number of hydrogen-bond donors (Lipinski definition) is 1. The molecule has 0 bridgehead atoms. The van der Waals surface area contributed by atoms with Crippen molar-refractivity contribution in [3.05, 3.63) is 33.8 Å². The first-order valence-electron chi connectivity index (χ1n) is 5.91. The molecule has 0 aliphatic carbocycles. The zero-order valence-electron chi connectivity index (χ0n) is 10.0. The average Bonchev–Trinajstić information content (AvgIpc) is 2.27. The van der Waals surface area contributed by atoms with Crippen LogP contribution in [0.2, 0.25) is 10.0 Å². The van der Waals surface area contributed by atoms with E-state index in [1.807, 2.05) is 18.2 Å². The minimum absolute atomic E-state index is 0.00808. The van der Waals surface area contributed by atoms with Crippen molar-refractivity contribution in [1.29, 1.82) is 0 Å². The lowest BCUT2D eigenvalue weighted by Crippen LogP contribution is -2.47. The van der Waals surface area contributed by atoms with Gasteiger partial charge in [-0.05, 0) is 37.5 Å². The molecule has 0 radical (unpaired) electrons. The highest BCUT2D eigenvalue weighted by molar-refractivity contribution is 6.42. The molecular formula is C13H18Cl2N2. The number of halogens is 2. The Hall–Kier alpha value is -0.280. The van der Waals surface area contributed by atoms with Gasteiger partial charge in [0.05, 0.1) is 10.0 Å². The van der Waals surface area contributed by atoms with Crippen molar-refractivity contribution < 1.29 is 0 Å². The van der Waals surface area contributed by atoms with Crippen LogP contribution in [0.4, 0.5) is 0 Å². The zero-order chi connectivity index (χ0) is 12.5. The fraction of sp³-hybridized carbons (Fsp3) is 0.538. The first kappa shape index (κ1) is 13.2. The van der Waals surface area contributed by atoms with E-state index in [1.54, 1.807) is 0 Å². The molecule has 1 saturated heterocycles. The number of benzene rings is 1. The van der Waals surface area contributed by atoms with E-state index in [2.05, 4.69) is 11.8 Å². The SMILES string of the molecule is CC1(N)CCN(Cc2ccc(Cl)c(Cl)c2)CC1. The number of hydrogen-bond acceptors (Lipinski definition) is 2. The first-order valence-corrected chi connectivity index (χ1v) is 6.67. The van der Waals surface area contributed by atoms with E-state index >= 15 is 0 Å². The summed E-state index contributed by atoms with van der Waals surface area (Å²) in [5.41, 5.74) is 7.33. The Labute approximate surface area is 113 Å². The van der Waals surface area contributed by atoms with Crippen molar-refractivity contribution in [2.45, 2.75) is 31.8 Å². The number of rotatable bonds is 2. The molecule has 1 aromatic carbocycles. The van der Waals surface area contributed by atoms with E-state index in [0.717, 1.165) is 32.5 Å². The van der Waals surface area contributed by atoms with Crippen molar-refractivity contribution >= 4 is 23.2 Å². The maximum absolute atomic E-state index is 6.11. The fourth-order valence-electron chi connectivity index (χ4n) is 2.12. The van der Waals surface area contributed by atoms with E-state index in [4.69, 9.17) is 28.9 Å². The highest BCUT2D eigenvalue weighted by atomic mass is 35.5. The number of nitrogens with two attached hydrogens (primary N) is 1.